The van der Waals surface area contributed by atoms with Crippen molar-refractivity contribution in [1.29, 1.82) is 0 Å². The third kappa shape index (κ3) is 1.60. The van der Waals surface area contributed by atoms with Crippen molar-refractivity contribution in [1.82, 2.24) is 15.0 Å². The molecule has 4 nitrogen and oxygen atoms in total. The van der Waals surface area contributed by atoms with Crippen molar-refractivity contribution in [2.75, 3.05) is 0 Å². The summed E-state index contributed by atoms with van der Waals surface area (Å²) in [6, 6.07) is 4.11. The van der Waals surface area contributed by atoms with E-state index in [0.717, 1.165) is 6.07 Å². The first kappa shape index (κ1) is 11.3. The summed E-state index contributed by atoms with van der Waals surface area (Å²) in [5, 5.41) is 7.51. The van der Waals surface area contributed by atoms with E-state index in [0.29, 0.717) is 6.54 Å². The average molecular weight is 251 g/mol. The van der Waals surface area contributed by atoms with Crippen LogP contribution in [0.3, 0.4) is 0 Å². The molecule has 1 aromatic heterocycles. The minimum atomic E-state index is -0.867. The molecule has 0 spiro atoms. The second-order valence-corrected chi connectivity index (χ2v) is 4.35. The van der Waals surface area contributed by atoms with Crippen LogP contribution >= 0.6 is 0 Å². The Kier molecular flexibility index (Phi) is 2.41. The number of aromatic nitrogens is 3. The Morgan fingerprint density at radius 3 is 2.83 bits per heavy atom. The van der Waals surface area contributed by atoms with Gasteiger partial charge in [-0.3, -0.25) is 0 Å². The van der Waals surface area contributed by atoms with E-state index >= 15 is 0 Å². The van der Waals surface area contributed by atoms with Gasteiger partial charge in [0.1, 0.15) is 5.60 Å². The Hall–Kier alpha value is -1.82. The van der Waals surface area contributed by atoms with Crippen LogP contribution in [0, 0.1) is 11.6 Å². The number of rotatable bonds is 3. The summed E-state index contributed by atoms with van der Waals surface area (Å²) >= 11 is 0. The predicted octanol–water partition coefficient (Wildman–Crippen LogP) is 1.87. The summed E-state index contributed by atoms with van der Waals surface area (Å²) in [7, 11) is 0. The van der Waals surface area contributed by atoms with Crippen LogP contribution in [0.1, 0.15) is 12.5 Å². The molecule has 0 N–H and O–H groups in total. The molecule has 18 heavy (non-hydrogen) atoms. The minimum absolute atomic E-state index is 0.182. The molecule has 3 rings (SSSR count). The monoisotopic (exact) mass is 251 g/mol. The van der Waals surface area contributed by atoms with Gasteiger partial charge in [0.2, 0.25) is 0 Å². The maximum atomic E-state index is 13.8. The third-order valence-electron chi connectivity index (χ3n) is 3.26. The smallest absolute Gasteiger partial charge is 0.165 e. The van der Waals surface area contributed by atoms with E-state index < -0.39 is 17.2 Å². The highest BCUT2D eigenvalue weighted by molar-refractivity contribution is 5.31. The van der Waals surface area contributed by atoms with Crippen molar-refractivity contribution in [3.63, 3.8) is 0 Å². The minimum Gasteiger partial charge on any atom is -0.359 e. The number of halogens is 2. The lowest BCUT2D eigenvalue weighted by Crippen LogP contribution is -2.22. The highest BCUT2D eigenvalue weighted by Crippen LogP contribution is 2.48. The fourth-order valence-corrected chi connectivity index (χ4v) is 2.20. The molecule has 2 aromatic rings. The summed E-state index contributed by atoms with van der Waals surface area (Å²) in [5.74, 6) is -1.73. The van der Waals surface area contributed by atoms with Crippen LogP contribution in [0.15, 0.2) is 30.6 Å². The Labute approximate surface area is 102 Å². The van der Waals surface area contributed by atoms with Gasteiger partial charge in [0.15, 0.2) is 11.6 Å². The molecule has 94 valence electrons. The highest BCUT2D eigenvalue weighted by atomic mass is 19.2. The molecule has 6 heteroatoms. The number of benzene rings is 1. The first-order chi connectivity index (χ1) is 8.63. The second-order valence-electron chi connectivity index (χ2n) is 4.35. The SMILES string of the molecule is C[C@@H]1O[C@@]1(Cn1ccnn1)c1cccc(F)c1F. The summed E-state index contributed by atoms with van der Waals surface area (Å²) in [6.45, 7) is 2.13. The van der Waals surface area contributed by atoms with Crippen LogP contribution in [-0.2, 0) is 16.9 Å². The van der Waals surface area contributed by atoms with Gasteiger partial charge in [-0.25, -0.2) is 13.5 Å². The van der Waals surface area contributed by atoms with Crippen LogP contribution in [0.5, 0.6) is 0 Å². The average Bonchev–Trinajstić information content (AvgIpc) is 2.77. The van der Waals surface area contributed by atoms with E-state index in [2.05, 4.69) is 10.3 Å². The Morgan fingerprint density at radius 1 is 1.44 bits per heavy atom. The summed E-state index contributed by atoms with van der Waals surface area (Å²) < 4.78 is 34.2. The molecule has 1 aromatic carbocycles. The maximum absolute atomic E-state index is 13.8. The fraction of sp³-hybridized carbons (Fsp3) is 0.333. The van der Waals surface area contributed by atoms with Gasteiger partial charge < -0.3 is 4.74 Å². The van der Waals surface area contributed by atoms with Gasteiger partial charge >= 0.3 is 0 Å². The van der Waals surface area contributed by atoms with Gasteiger partial charge in [-0.2, -0.15) is 0 Å². The fourth-order valence-electron chi connectivity index (χ4n) is 2.20. The lowest BCUT2D eigenvalue weighted by molar-refractivity contribution is 0.254. The van der Waals surface area contributed by atoms with Crippen molar-refractivity contribution in [3.05, 3.63) is 47.8 Å². The molecular formula is C12H11F2N3O. The zero-order chi connectivity index (χ0) is 12.8. The molecule has 1 aliphatic heterocycles. The lowest BCUT2D eigenvalue weighted by Gasteiger charge is -2.14. The summed E-state index contributed by atoms with van der Waals surface area (Å²) in [4.78, 5) is 0. The molecule has 1 aliphatic rings. The molecule has 0 unspecified atom stereocenters. The van der Waals surface area contributed by atoms with Gasteiger partial charge in [-0.1, -0.05) is 17.3 Å². The Bertz CT molecular complexity index is 573. The van der Waals surface area contributed by atoms with Gasteiger partial charge in [-0.15, -0.1) is 5.10 Å². The van der Waals surface area contributed by atoms with E-state index in [4.69, 9.17) is 4.74 Å². The van der Waals surface area contributed by atoms with E-state index in [1.54, 1.807) is 16.9 Å². The molecule has 2 atom stereocenters. The summed E-state index contributed by atoms with van der Waals surface area (Å²) in [6.07, 6.45) is 3.01. The number of nitrogens with zero attached hydrogens (tertiary/aromatic N) is 3. The quantitative estimate of drug-likeness (QED) is 0.782. The standard InChI is InChI=1S/C12H11F2N3O/c1-8-12(18-8,7-17-6-5-15-16-17)9-3-2-4-10(13)11(9)14/h2-6,8H,7H2,1H3/t8-,12+/m0/s1. The van der Waals surface area contributed by atoms with Gasteiger partial charge in [-0.05, 0) is 13.0 Å². The topological polar surface area (TPSA) is 43.2 Å². The zero-order valence-electron chi connectivity index (χ0n) is 9.68. The van der Waals surface area contributed by atoms with Gasteiger partial charge in [0.25, 0.3) is 0 Å². The highest BCUT2D eigenvalue weighted by Gasteiger charge is 2.57. The summed E-state index contributed by atoms with van der Waals surface area (Å²) in [5.41, 5.74) is -0.620. The van der Waals surface area contributed by atoms with Crippen LogP contribution in [-0.4, -0.2) is 21.1 Å². The normalized spacial score (nSPS) is 26.3. The molecule has 0 bridgehead atoms. The third-order valence-corrected chi connectivity index (χ3v) is 3.26. The zero-order valence-corrected chi connectivity index (χ0v) is 9.68. The van der Waals surface area contributed by atoms with Crippen molar-refractivity contribution >= 4 is 0 Å². The van der Waals surface area contributed by atoms with Crippen LogP contribution < -0.4 is 0 Å². The molecule has 0 saturated carbocycles. The molecule has 0 aliphatic carbocycles. The number of hydrogen-bond donors (Lipinski definition) is 0. The van der Waals surface area contributed by atoms with E-state index in [9.17, 15) is 8.78 Å². The number of ether oxygens (including phenoxy) is 1. The second kappa shape index (κ2) is 3.84. The van der Waals surface area contributed by atoms with E-state index in [1.165, 1.54) is 12.3 Å². The first-order valence-corrected chi connectivity index (χ1v) is 5.60. The molecule has 0 radical (unpaired) electrons. The van der Waals surface area contributed by atoms with Gasteiger partial charge in [0.05, 0.1) is 18.8 Å². The largest absolute Gasteiger partial charge is 0.359 e. The lowest BCUT2D eigenvalue weighted by atomic mass is 9.95. The van der Waals surface area contributed by atoms with E-state index in [1.807, 2.05) is 6.92 Å². The van der Waals surface area contributed by atoms with Crippen LogP contribution in [0.25, 0.3) is 0 Å². The maximum Gasteiger partial charge on any atom is 0.165 e. The number of hydrogen-bond acceptors (Lipinski definition) is 3. The van der Waals surface area contributed by atoms with Gasteiger partial charge in [0, 0.05) is 11.8 Å². The van der Waals surface area contributed by atoms with Crippen LogP contribution in [0.2, 0.25) is 0 Å². The predicted molar refractivity (Wildman–Crippen MR) is 58.6 cm³/mol. The molecule has 1 saturated heterocycles. The molecule has 0 amide bonds. The molecule has 1 fully saturated rings. The molecule has 2 heterocycles. The Balaban J connectivity index is 2.00. The molecular weight excluding hydrogens is 240 g/mol. The Morgan fingerprint density at radius 2 is 2.22 bits per heavy atom. The van der Waals surface area contributed by atoms with E-state index in [-0.39, 0.29) is 11.7 Å². The van der Waals surface area contributed by atoms with Crippen LogP contribution in [0.4, 0.5) is 8.78 Å². The number of epoxide rings is 1. The van der Waals surface area contributed by atoms with Crippen molar-refractivity contribution in [3.8, 4) is 0 Å². The van der Waals surface area contributed by atoms with Crippen molar-refractivity contribution < 1.29 is 13.5 Å². The van der Waals surface area contributed by atoms with Crippen molar-refractivity contribution in [2.45, 2.75) is 25.2 Å². The van der Waals surface area contributed by atoms with Crippen molar-refractivity contribution in [2.24, 2.45) is 0 Å². The first-order valence-electron chi connectivity index (χ1n) is 5.60.